The minimum absolute atomic E-state index is 0.0871. The molecule has 0 aromatic heterocycles. The lowest BCUT2D eigenvalue weighted by molar-refractivity contribution is 0.0462. The van der Waals surface area contributed by atoms with Gasteiger partial charge in [0.15, 0.2) is 11.5 Å². The smallest absolute Gasteiger partial charge is 0.254 e. The maximum atomic E-state index is 12.9. The monoisotopic (exact) mass is 403 g/mol. The largest absolute Gasteiger partial charge is 0.493 e. The summed E-state index contributed by atoms with van der Waals surface area (Å²) < 4.78 is 10.9. The Balaban J connectivity index is 1.67. The Morgan fingerprint density at radius 2 is 1.93 bits per heavy atom. The molecule has 5 nitrogen and oxygen atoms in total. The summed E-state index contributed by atoms with van der Waals surface area (Å²) in [5.41, 5.74) is 1.41. The predicted octanol–water partition coefficient (Wildman–Crippen LogP) is 4.33. The number of piperidine rings is 1. The Morgan fingerprint density at radius 1 is 1.25 bits per heavy atom. The third kappa shape index (κ3) is 4.42. The van der Waals surface area contributed by atoms with Crippen molar-refractivity contribution >= 4 is 17.5 Å². The third-order valence-electron chi connectivity index (χ3n) is 5.18. The summed E-state index contributed by atoms with van der Waals surface area (Å²) in [5.74, 6) is 0.959. The van der Waals surface area contributed by atoms with E-state index in [1.165, 1.54) is 7.11 Å². The molecule has 2 aromatic carbocycles. The van der Waals surface area contributed by atoms with Crippen molar-refractivity contribution in [2.75, 3.05) is 26.8 Å². The molecule has 0 aliphatic carbocycles. The minimum atomic E-state index is -0.501. The van der Waals surface area contributed by atoms with Crippen molar-refractivity contribution < 1.29 is 19.4 Å². The number of aliphatic hydroxyl groups excluding tert-OH is 1. The van der Waals surface area contributed by atoms with Crippen molar-refractivity contribution in [3.05, 3.63) is 58.6 Å². The Hall–Kier alpha value is -2.24. The summed E-state index contributed by atoms with van der Waals surface area (Å²) in [6, 6.07) is 13.0. The van der Waals surface area contributed by atoms with Crippen LogP contribution in [-0.2, 0) is 0 Å². The second-order valence-electron chi connectivity index (χ2n) is 6.91. The topological polar surface area (TPSA) is 59.0 Å². The van der Waals surface area contributed by atoms with E-state index >= 15 is 0 Å². The zero-order valence-electron chi connectivity index (χ0n) is 16.2. The van der Waals surface area contributed by atoms with Crippen LogP contribution in [0, 0.1) is 5.92 Å². The fourth-order valence-corrected chi connectivity index (χ4v) is 3.92. The number of nitrogens with zero attached hydrogens (tertiary/aromatic N) is 1. The van der Waals surface area contributed by atoms with Crippen LogP contribution in [0.15, 0.2) is 42.5 Å². The Morgan fingerprint density at radius 3 is 2.54 bits per heavy atom. The molecule has 3 rings (SSSR count). The number of carbonyl (C=O) groups excluding carboxylic acids is 1. The molecule has 1 N–H and O–H groups in total. The van der Waals surface area contributed by atoms with Crippen LogP contribution in [0.5, 0.6) is 11.5 Å². The Kier molecular flexibility index (Phi) is 6.81. The Labute approximate surface area is 170 Å². The molecule has 0 saturated carbocycles. The van der Waals surface area contributed by atoms with Gasteiger partial charge in [-0.15, -0.1) is 0 Å². The van der Waals surface area contributed by atoms with E-state index < -0.39 is 6.10 Å². The second-order valence-corrected chi connectivity index (χ2v) is 7.31. The summed E-state index contributed by atoms with van der Waals surface area (Å²) in [7, 11) is 1.53. The van der Waals surface area contributed by atoms with Gasteiger partial charge in [0.1, 0.15) is 0 Å². The lowest BCUT2D eigenvalue weighted by Gasteiger charge is -2.34. The highest BCUT2D eigenvalue weighted by Gasteiger charge is 2.29. The highest BCUT2D eigenvalue weighted by atomic mass is 35.5. The summed E-state index contributed by atoms with van der Waals surface area (Å²) in [6.45, 7) is 3.52. The van der Waals surface area contributed by atoms with Gasteiger partial charge in [-0.05, 0) is 43.4 Å². The van der Waals surface area contributed by atoms with Crippen molar-refractivity contribution in [2.45, 2.75) is 25.9 Å². The lowest BCUT2D eigenvalue weighted by atomic mass is 9.87. The van der Waals surface area contributed by atoms with Crippen molar-refractivity contribution in [3.63, 3.8) is 0 Å². The normalized spacial score (nSPS) is 15.9. The fourth-order valence-electron chi connectivity index (χ4n) is 3.65. The minimum Gasteiger partial charge on any atom is -0.493 e. The van der Waals surface area contributed by atoms with Gasteiger partial charge in [-0.3, -0.25) is 4.79 Å². The molecule has 1 heterocycles. The summed E-state index contributed by atoms with van der Waals surface area (Å²) in [4.78, 5) is 14.7. The van der Waals surface area contributed by atoms with Crippen molar-refractivity contribution in [1.82, 2.24) is 4.90 Å². The van der Waals surface area contributed by atoms with Crippen molar-refractivity contribution in [2.24, 2.45) is 5.92 Å². The zero-order chi connectivity index (χ0) is 20.1. The number of methoxy groups -OCH3 is 1. The van der Waals surface area contributed by atoms with E-state index in [1.807, 2.05) is 37.3 Å². The lowest BCUT2D eigenvalue weighted by Crippen LogP contribution is -2.39. The van der Waals surface area contributed by atoms with Gasteiger partial charge in [-0.2, -0.15) is 0 Å². The second kappa shape index (κ2) is 9.30. The van der Waals surface area contributed by atoms with Crippen LogP contribution in [0.1, 0.15) is 41.8 Å². The molecule has 1 amide bonds. The molecule has 0 spiro atoms. The molecule has 2 aromatic rings. The number of rotatable bonds is 6. The van der Waals surface area contributed by atoms with Gasteiger partial charge in [-0.25, -0.2) is 0 Å². The van der Waals surface area contributed by atoms with Gasteiger partial charge in [0.25, 0.3) is 5.91 Å². The van der Waals surface area contributed by atoms with E-state index in [2.05, 4.69) is 0 Å². The first-order chi connectivity index (χ1) is 13.5. The zero-order valence-corrected chi connectivity index (χ0v) is 17.0. The quantitative estimate of drug-likeness (QED) is 0.779. The number of halogens is 1. The molecule has 1 aliphatic rings. The van der Waals surface area contributed by atoms with E-state index in [-0.39, 0.29) is 11.8 Å². The van der Waals surface area contributed by atoms with Crippen molar-refractivity contribution in [1.29, 1.82) is 0 Å². The molecule has 1 atom stereocenters. The van der Waals surface area contributed by atoms with E-state index in [9.17, 15) is 9.90 Å². The van der Waals surface area contributed by atoms with E-state index in [1.54, 1.807) is 17.0 Å². The predicted molar refractivity (Wildman–Crippen MR) is 109 cm³/mol. The van der Waals surface area contributed by atoms with Crippen LogP contribution >= 0.6 is 11.6 Å². The number of ether oxygens (including phenoxy) is 2. The van der Waals surface area contributed by atoms with Crippen LogP contribution in [0.3, 0.4) is 0 Å². The van der Waals surface area contributed by atoms with Gasteiger partial charge in [0.05, 0.1) is 24.8 Å². The van der Waals surface area contributed by atoms with Gasteiger partial charge >= 0.3 is 0 Å². The van der Waals surface area contributed by atoms with Gasteiger partial charge in [-0.1, -0.05) is 41.9 Å². The van der Waals surface area contributed by atoms with Crippen LogP contribution in [0.25, 0.3) is 0 Å². The van der Waals surface area contributed by atoms with Crippen molar-refractivity contribution in [3.8, 4) is 11.5 Å². The van der Waals surface area contributed by atoms with E-state index in [4.69, 9.17) is 21.1 Å². The number of hydrogen-bond donors (Lipinski definition) is 1. The molecular formula is C22H26ClNO4. The highest BCUT2D eigenvalue weighted by molar-refractivity contribution is 6.32. The maximum Gasteiger partial charge on any atom is 0.254 e. The first-order valence-corrected chi connectivity index (χ1v) is 9.95. The molecule has 0 bridgehead atoms. The molecule has 1 aliphatic heterocycles. The summed E-state index contributed by atoms with van der Waals surface area (Å²) >= 11 is 6.30. The number of benzene rings is 2. The number of aliphatic hydroxyl groups is 1. The number of hydrogen-bond acceptors (Lipinski definition) is 4. The van der Waals surface area contributed by atoms with E-state index in [0.717, 1.165) is 18.4 Å². The summed E-state index contributed by atoms with van der Waals surface area (Å²) in [5, 5.41) is 11.0. The fraction of sp³-hybridized carbons (Fsp3) is 0.409. The molecule has 6 heteroatoms. The molecule has 1 fully saturated rings. The summed E-state index contributed by atoms with van der Waals surface area (Å²) in [6.07, 6.45) is 1.01. The SMILES string of the molecule is CCOc1c(Cl)cc(C(=O)N2CCC(C(O)c3ccccc3)CC2)cc1OC. The van der Waals surface area contributed by atoms with Crippen LogP contribution in [0.2, 0.25) is 5.02 Å². The maximum absolute atomic E-state index is 12.9. The molecule has 150 valence electrons. The Bertz CT molecular complexity index is 804. The van der Waals surface area contributed by atoms with Gasteiger partial charge in [0, 0.05) is 18.7 Å². The highest BCUT2D eigenvalue weighted by Crippen LogP contribution is 2.37. The van der Waals surface area contributed by atoms with Crippen LogP contribution < -0.4 is 9.47 Å². The third-order valence-corrected chi connectivity index (χ3v) is 5.46. The van der Waals surface area contributed by atoms with Crippen LogP contribution in [-0.4, -0.2) is 42.7 Å². The number of amides is 1. The molecular weight excluding hydrogens is 378 g/mol. The van der Waals surface area contributed by atoms with Crippen LogP contribution in [0.4, 0.5) is 0 Å². The standard InChI is InChI=1S/C22H26ClNO4/c1-3-28-21-18(23)13-17(14-19(21)27-2)22(26)24-11-9-16(10-12-24)20(25)15-7-5-4-6-8-15/h4-8,13-14,16,20,25H,3,9-12H2,1-2H3. The number of carbonyl (C=O) groups is 1. The van der Waals surface area contributed by atoms with Gasteiger partial charge in [0.2, 0.25) is 0 Å². The molecule has 28 heavy (non-hydrogen) atoms. The first-order valence-electron chi connectivity index (χ1n) is 9.57. The van der Waals surface area contributed by atoms with Gasteiger partial charge < -0.3 is 19.5 Å². The first kappa shape index (κ1) is 20.5. The molecule has 1 saturated heterocycles. The average Bonchev–Trinajstić information content (AvgIpc) is 2.74. The number of likely N-dealkylation sites (tertiary alicyclic amines) is 1. The average molecular weight is 404 g/mol. The van der Waals surface area contributed by atoms with E-state index in [0.29, 0.717) is 41.8 Å². The molecule has 1 unspecified atom stereocenters. The molecule has 0 radical (unpaired) electrons.